The Morgan fingerprint density at radius 2 is 2.21 bits per heavy atom. The molecule has 1 aliphatic heterocycles. The molecule has 0 aromatic carbocycles. The molecule has 2 rings (SSSR count). The van der Waals surface area contributed by atoms with E-state index in [9.17, 15) is 4.79 Å². The van der Waals surface area contributed by atoms with Crippen LogP contribution in [0.1, 0.15) is 31.9 Å². The molecule has 0 N–H and O–H groups in total. The van der Waals surface area contributed by atoms with Crippen molar-refractivity contribution in [2.75, 3.05) is 24.6 Å². The van der Waals surface area contributed by atoms with Gasteiger partial charge in [0.25, 0.3) is 0 Å². The molecule has 4 heteroatoms. The van der Waals surface area contributed by atoms with Gasteiger partial charge in [-0.15, -0.1) is 0 Å². The summed E-state index contributed by atoms with van der Waals surface area (Å²) >= 11 is 0. The van der Waals surface area contributed by atoms with Gasteiger partial charge in [-0.05, 0) is 44.7 Å². The topological polar surface area (TPSA) is 42.4 Å². The summed E-state index contributed by atoms with van der Waals surface area (Å²) < 4.78 is 5.01. The van der Waals surface area contributed by atoms with Crippen molar-refractivity contribution >= 4 is 11.7 Å². The average Bonchev–Trinajstić information content (AvgIpc) is 2.40. The molecule has 104 valence electrons. The van der Waals surface area contributed by atoms with Crippen LogP contribution in [0.5, 0.6) is 0 Å². The Kier molecular flexibility index (Phi) is 4.77. The van der Waals surface area contributed by atoms with E-state index in [0.717, 1.165) is 31.6 Å². The average molecular weight is 262 g/mol. The molecular formula is C15H22N2O2. The van der Waals surface area contributed by atoms with Crippen molar-refractivity contribution in [2.24, 2.45) is 5.92 Å². The largest absolute Gasteiger partial charge is 0.466 e. The van der Waals surface area contributed by atoms with Crippen LogP contribution >= 0.6 is 0 Å². The summed E-state index contributed by atoms with van der Waals surface area (Å²) in [6.07, 6.45) is 4.53. The monoisotopic (exact) mass is 262 g/mol. The lowest BCUT2D eigenvalue weighted by molar-refractivity contribution is -0.144. The molecular weight excluding hydrogens is 240 g/mol. The van der Waals surface area contributed by atoms with Gasteiger partial charge in [-0.25, -0.2) is 0 Å². The summed E-state index contributed by atoms with van der Waals surface area (Å²) in [5, 5.41) is 0. The lowest BCUT2D eigenvalue weighted by atomic mass is 9.93. The van der Waals surface area contributed by atoms with Gasteiger partial charge in [0.15, 0.2) is 0 Å². The van der Waals surface area contributed by atoms with Gasteiger partial charge in [-0.3, -0.25) is 9.78 Å². The number of ether oxygens (including phenoxy) is 1. The Labute approximate surface area is 114 Å². The highest BCUT2D eigenvalue weighted by Crippen LogP contribution is 2.25. The van der Waals surface area contributed by atoms with Crippen LogP contribution in [0.3, 0.4) is 0 Å². The number of anilines is 1. The van der Waals surface area contributed by atoms with Crippen molar-refractivity contribution in [3.05, 3.63) is 24.0 Å². The summed E-state index contributed by atoms with van der Waals surface area (Å²) in [7, 11) is 0. The molecule has 1 aromatic heterocycles. The second kappa shape index (κ2) is 6.55. The normalized spacial score (nSPS) is 16.4. The van der Waals surface area contributed by atoms with Crippen molar-refractivity contribution < 1.29 is 9.53 Å². The molecule has 0 saturated carbocycles. The zero-order valence-corrected chi connectivity index (χ0v) is 11.8. The van der Waals surface area contributed by atoms with Gasteiger partial charge in [0.1, 0.15) is 0 Å². The van der Waals surface area contributed by atoms with Crippen LogP contribution in [0.25, 0.3) is 0 Å². The first-order chi connectivity index (χ1) is 9.19. The molecule has 1 aliphatic rings. The van der Waals surface area contributed by atoms with Gasteiger partial charge >= 0.3 is 5.97 Å². The first-order valence-corrected chi connectivity index (χ1v) is 7.02. The number of carbonyl (C=O) groups excluding carboxylic acids is 1. The fraction of sp³-hybridized carbons (Fsp3) is 0.600. The van der Waals surface area contributed by atoms with Crippen LogP contribution in [0.2, 0.25) is 0 Å². The molecule has 0 radical (unpaired) electrons. The van der Waals surface area contributed by atoms with Crippen LogP contribution < -0.4 is 4.90 Å². The highest BCUT2D eigenvalue weighted by molar-refractivity contribution is 5.69. The van der Waals surface area contributed by atoms with Gasteiger partial charge in [0, 0.05) is 37.1 Å². The number of carbonyl (C=O) groups is 1. The number of aromatic nitrogens is 1. The molecule has 0 amide bonds. The molecule has 4 nitrogen and oxygen atoms in total. The third-order valence-corrected chi connectivity index (χ3v) is 3.62. The maximum absolute atomic E-state index is 11.5. The predicted molar refractivity (Wildman–Crippen MR) is 75.2 cm³/mol. The Morgan fingerprint density at radius 1 is 1.47 bits per heavy atom. The number of nitrogens with zero attached hydrogens (tertiary/aromatic N) is 2. The second-order valence-electron chi connectivity index (χ2n) is 5.09. The molecule has 0 unspecified atom stereocenters. The SMILES string of the molecule is CCOC(=O)CC1CCN(c2ccnc(C)c2)CC1. The number of pyridine rings is 1. The van der Waals surface area contributed by atoms with Crippen LogP contribution in [0, 0.1) is 12.8 Å². The number of esters is 1. The standard InChI is InChI=1S/C15H22N2O2/c1-3-19-15(18)11-13-5-8-17(9-6-13)14-4-7-16-12(2)10-14/h4,7,10,13H,3,5-6,8-9,11H2,1-2H3. The zero-order valence-electron chi connectivity index (χ0n) is 11.8. The van der Waals surface area contributed by atoms with E-state index in [1.807, 2.05) is 20.0 Å². The molecule has 0 bridgehead atoms. The van der Waals surface area contributed by atoms with Crippen molar-refractivity contribution in [1.29, 1.82) is 0 Å². The lowest BCUT2D eigenvalue weighted by Crippen LogP contribution is -2.34. The third-order valence-electron chi connectivity index (χ3n) is 3.62. The number of aryl methyl sites for hydroxylation is 1. The van der Waals surface area contributed by atoms with Gasteiger partial charge in [0.2, 0.25) is 0 Å². The number of rotatable bonds is 4. The van der Waals surface area contributed by atoms with Gasteiger partial charge in [-0.2, -0.15) is 0 Å². The van der Waals surface area contributed by atoms with E-state index in [1.165, 1.54) is 5.69 Å². The fourth-order valence-corrected chi connectivity index (χ4v) is 2.58. The summed E-state index contributed by atoms with van der Waals surface area (Å²) in [5.41, 5.74) is 2.29. The molecule has 0 spiro atoms. The molecule has 1 aromatic rings. The molecule has 19 heavy (non-hydrogen) atoms. The molecule has 0 aliphatic carbocycles. The number of hydrogen-bond donors (Lipinski definition) is 0. The summed E-state index contributed by atoms with van der Waals surface area (Å²) in [5.74, 6) is 0.416. The van der Waals surface area contributed by atoms with E-state index < -0.39 is 0 Å². The maximum Gasteiger partial charge on any atom is 0.306 e. The highest BCUT2D eigenvalue weighted by Gasteiger charge is 2.22. The number of hydrogen-bond acceptors (Lipinski definition) is 4. The van der Waals surface area contributed by atoms with E-state index in [4.69, 9.17) is 4.74 Å². The summed E-state index contributed by atoms with van der Waals surface area (Å²) in [6.45, 7) is 6.36. The quantitative estimate of drug-likeness (QED) is 0.782. The van der Waals surface area contributed by atoms with Crippen LogP contribution in [0.4, 0.5) is 5.69 Å². The van der Waals surface area contributed by atoms with E-state index in [1.54, 1.807) is 0 Å². The van der Waals surface area contributed by atoms with Gasteiger partial charge in [0.05, 0.1) is 6.61 Å². The van der Waals surface area contributed by atoms with Crippen molar-refractivity contribution in [3.63, 3.8) is 0 Å². The molecule has 0 atom stereocenters. The summed E-state index contributed by atoms with van der Waals surface area (Å²) in [4.78, 5) is 18.1. The van der Waals surface area contributed by atoms with E-state index in [2.05, 4.69) is 22.0 Å². The van der Waals surface area contributed by atoms with Crippen molar-refractivity contribution in [2.45, 2.75) is 33.1 Å². The number of piperidine rings is 1. The Hall–Kier alpha value is -1.58. The third kappa shape index (κ3) is 3.94. The molecule has 2 heterocycles. The molecule has 1 saturated heterocycles. The summed E-state index contributed by atoms with van der Waals surface area (Å²) in [6, 6.07) is 4.17. The second-order valence-corrected chi connectivity index (χ2v) is 5.09. The Morgan fingerprint density at radius 3 is 2.84 bits per heavy atom. The van der Waals surface area contributed by atoms with Crippen LogP contribution in [-0.2, 0) is 9.53 Å². The van der Waals surface area contributed by atoms with Crippen molar-refractivity contribution in [1.82, 2.24) is 4.98 Å². The maximum atomic E-state index is 11.5. The highest BCUT2D eigenvalue weighted by atomic mass is 16.5. The minimum Gasteiger partial charge on any atom is -0.466 e. The minimum atomic E-state index is -0.0549. The zero-order chi connectivity index (χ0) is 13.7. The Bertz CT molecular complexity index is 426. The first kappa shape index (κ1) is 13.8. The predicted octanol–water partition coefficient (Wildman–Crippen LogP) is 2.56. The van der Waals surface area contributed by atoms with Gasteiger partial charge in [-0.1, -0.05) is 0 Å². The first-order valence-electron chi connectivity index (χ1n) is 7.02. The fourth-order valence-electron chi connectivity index (χ4n) is 2.58. The van der Waals surface area contributed by atoms with Crippen molar-refractivity contribution in [3.8, 4) is 0 Å². The van der Waals surface area contributed by atoms with E-state index >= 15 is 0 Å². The van der Waals surface area contributed by atoms with E-state index in [0.29, 0.717) is 18.9 Å². The Balaban J connectivity index is 1.84. The smallest absolute Gasteiger partial charge is 0.306 e. The van der Waals surface area contributed by atoms with Crippen LogP contribution in [0.15, 0.2) is 18.3 Å². The van der Waals surface area contributed by atoms with E-state index in [-0.39, 0.29) is 5.97 Å². The molecule has 1 fully saturated rings. The lowest BCUT2D eigenvalue weighted by Gasteiger charge is -2.33. The van der Waals surface area contributed by atoms with Crippen LogP contribution in [-0.4, -0.2) is 30.6 Å². The minimum absolute atomic E-state index is 0.0549. The van der Waals surface area contributed by atoms with Gasteiger partial charge < -0.3 is 9.64 Å².